The zero-order chi connectivity index (χ0) is 12.8. The second-order valence-electron chi connectivity index (χ2n) is 2.53. The molecule has 0 aliphatic carbocycles. The molecule has 0 aliphatic heterocycles. The number of ether oxygens (including phenoxy) is 1. The van der Waals surface area contributed by atoms with Gasteiger partial charge in [-0.15, -0.1) is 0 Å². The van der Waals surface area contributed by atoms with E-state index in [1.165, 1.54) is 21.3 Å². The van der Waals surface area contributed by atoms with Crippen molar-refractivity contribution < 1.29 is 28.5 Å². The molecule has 6 nitrogen and oxygen atoms in total. The van der Waals surface area contributed by atoms with Crippen molar-refractivity contribution in [1.82, 2.24) is 0 Å². The summed E-state index contributed by atoms with van der Waals surface area (Å²) in [5.74, 6) is -1.77. The molecule has 0 amide bonds. The molecule has 0 aromatic carbocycles. The summed E-state index contributed by atoms with van der Waals surface area (Å²) in [7, 11) is 3.89. The third-order valence-electron chi connectivity index (χ3n) is 1.53. The van der Waals surface area contributed by atoms with Crippen LogP contribution in [-0.4, -0.2) is 43.6 Å². The maximum Gasteiger partial charge on any atom is 0.319 e. The van der Waals surface area contributed by atoms with Crippen molar-refractivity contribution in [3.8, 4) is 0 Å². The first-order chi connectivity index (χ1) is 7.38. The Bertz CT molecular complexity index is 299. The molecular weight excluding hydrogens is 275 g/mol. The average Bonchev–Trinajstić information content (AvgIpc) is 2.26. The van der Waals surface area contributed by atoms with Gasteiger partial charge in [0.1, 0.15) is 5.25 Å². The van der Waals surface area contributed by atoms with E-state index in [-0.39, 0.29) is 6.42 Å². The van der Waals surface area contributed by atoms with Crippen LogP contribution >= 0.6 is 17.1 Å². The summed E-state index contributed by atoms with van der Waals surface area (Å²) in [6, 6.07) is 0. The number of carbonyl (C=O) groups excluding carboxylic acids is 1. The molecular formula is C7H13O6PS2. The van der Waals surface area contributed by atoms with Crippen LogP contribution in [-0.2, 0) is 35.2 Å². The predicted octanol–water partition coefficient (Wildman–Crippen LogP) is 1.25. The molecule has 0 rings (SSSR count). The van der Waals surface area contributed by atoms with Crippen molar-refractivity contribution in [1.29, 1.82) is 0 Å². The summed E-state index contributed by atoms with van der Waals surface area (Å²) < 4.78 is 14.4. The van der Waals surface area contributed by atoms with Gasteiger partial charge in [-0.1, -0.05) is 11.4 Å². The number of carboxylic acids is 1. The van der Waals surface area contributed by atoms with E-state index in [9.17, 15) is 9.59 Å². The maximum atomic E-state index is 11.3. The normalized spacial score (nSPS) is 13.2. The Hall–Kier alpha value is -0.140. The minimum atomic E-state index is -2.67. The lowest BCUT2D eigenvalue weighted by molar-refractivity contribution is -0.144. The molecule has 1 N–H and O–H groups in total. The van der Waals surface area contributed by atoms with Gasteiger partial charge >= 0.3 is 11.9 Å². The standard InChI is InChI=1S/C7H13O6PS2/c1-11-7(10)5(4-6(8)9)16-14(15,12-2)13-3/h5H,4H2,1-3H3,(H,8,9). The van der Waals surface area contributed by atoms with Gasteiger partial charge in [-0.3, -0.25) is 9.59 Å². The van der Waals surface area contributed by atoms with E-state index in [2.05, 4.69) is 4.74 Å². The third kappa shape index (κ3) is 5.27. The Kier molecular flexibility index (Phi) is 7.17. The van der Waals surface area contributed by atoms with Gasteiger partial charge in [0.2, 0.25) is 5.69 Å². The molecule has 0 saturated heterocycles. The highest BCUT2D eigenvalue weighted by Gasteiger charge is 2.31. The van der Waals surface area contributed by atoms with Gasteiger partial charge in [0.05, 0.1) is 13.5 Å². The summed E-state index contributed by atoms with van der Waals surface area (Å²) in [6.45, 7) is 0. The first-order valence-corrected chi connectivity index (χ1v) is 8.20. The fraction of sp³-hybridized carbons (Fsp3) is 0.714. The van der Waals surface area contributed by atoms with Crippen molar-refractivity contribution in [2.75, 3.05) is 21.3 Å². The average molecular weight is 288 g/mol. The van der Waals surface area contributed by atoms with E-state index in [1.807, 2.05) is 0 Å². The lowest BCUT2D eigenvalue weighted by Crippen LogP contribution is -2.22. The lowest BCUT2D eigenvalue weighted by atomic mass is 10.3. The summed E-state index contributed by atoms with van der Waals surface area (Å²) in [6.07, 6.45) is -0.386. The van der Waals surface area contributed by atoms with Crippen LogP contribution in [0.25, 0.3) is 0 Å². The SMILES string of the molecule is COC(=O)C(CC(=O)O)SP(=S)(OC)OC. The number of carboxylic acid groups (broad SMARTS) is 1. The van der Waals surface area contributed by atoms with E-state index in [1.54, 1.807) is 0 Å². The predicted molar refractivity (Wildman–Crippen MR) is 64.0 cm³/mol. The molecule has 0 bridgehead atoms. The number of hydrogen-bond acceptors (Lipinski definition) is 7. The minimum Gasteiger partial charge on any atom is -0.481 e. The van der Waals surface area contributed by atoms with Crippen LogP contribution in [0, 0.1) is 0 Å². The van der Waals surface area contributed by atoms with E-state index in [4.69, 9.17) is 26.0 Å². The van der Waals surface area contributed by atoms with E-state index in [0.717, 1.165) is 11.4 Å². The van der Waals surface area contributed by atoms with Crippen LogP contribution in [0.15, 0.2) is 0 Å². The maximum absolute atomic E-state index is 11.3. The first-order valence-electron chi connectivity index (χ1n) is 4.08. The van der Waals surface area contributed by atoms with E-state index < -0.39 is 22.9 Å². The number of rotatable bonds is 7. The van der Waals surface area contributed by atoms with Crippen LogP contribution < -0.4 is 0 Å². The van der Waals surface area contributed by atoms with Gasteiger partial charge in [-0.05, 0) is 11.8 Å². The van der Waals surface area contributed by atoms with Crippen molar-refractivity contribution >= 4 is 40.8 Å². The molecule has 0 aromatic heterocycles. The summed E-state index contributed by atoms with van der Waals surface area (Å²) in [5, 5.41) is 7.72. The van der Waals surface area contributed by atoms with Gasteiger partial charge in [-0.2, -0.15) is 0 Å². The van der Waals surface area contributed by atoms with E-state index in [0.29, 0.717) is 0 Å². The molecule has 0 aliphatic rings. The monoisotopic (exact) mass is 288 g/mol. The van der Waals surface area contributed by atoms with Crippen LogP contribution in [0.1, 0.15) is 6.42 Å². The Morgan fingerprint density at radius 1 is 1.38 bits per heavy atom. The molecule has 1 atom stereocenters. The van der Waals surface area contributed by atoms with E-state index >= 15 is 0 Å². The Morgan fingerprint density at radius 2 is 1.88 bits per heavy atom. The van der Waals surface area contributed by atoms with Gasteiger partial charge in [0.15, 0.2) is 0 Å². The summed E-state index contributed by atoms with van der Waals surface area (Å²) >= 11 is 5.91. The zero-order valence-electron chi connectivity index (χ0n) is 9.04. The largest absolute Gasteiger partial charge is 0.481 e. The van der Waals surface area contributed by atoms with Crippen LogP contribution in [0.4, 0.5) is 0 Å². The Morgan fingerprint density at radius 3 is 2.19 bits per heavy atom. The molecule has 0 saturated carbocycles. The fourth-order valence-corrected chi connectivity index (χ4v) is 4.67. The quantitative estimate of drug-likeness (QED) is 0.553. The molecule has 0 spiro atoms. The first kappa shape index (κ1) is 15.9. The van der Waals surface area contributed by atoms with Gasteiger partial charge in [-0.25, -0.2) is 0 Å². The van der Waals surface area contributed by atoms with Gasteiger partial charge in [0.25, 0.3) is 0 Å². The second-order valence-corrected chi connectivity index (χ2v) is 9.14. The molecule has 0 heterocycles. The number of carbonyl (C=O) groups is 2. The van der Waals surface area contributed by atoms with Crippen molar-refractivity contribution in [2.45, 2.75) is 11.7 Å². The number of hydrogen-bond donors (Lipinski definition) is 1. The van der Waals surface area contributed by atoms with Gasteiger partial charge in [0, 0.05) is 14.2 Å². The third-order valence-corrected chi connectivity index (χ3v) is 7.40. The minimum absolute atomic E-state index is 0.386. The smallest absolute Gasteiger partial charge is 0.319 e. The summed E-state index contributed by atoms with van der Waals surface area (Å²) in [5.41, 5.74) is -2.67. The highest BCUT2D eigenvalue weighted by Crippen LogP contribution is 2.62. The lowest BCUT2D eigenvalue weighted by Gasteiger charge is -2.20. The van der Waals surface area contributed by atoms with Crippen LogP contribution in [0.3, 0.4) is 0 Å². The Labute approximate surface area is 103 Å². The highest BCUT2D eigenvalue weighted by molar-refractivity contribution is 8.68. The number of esters is 1. The van der Waals surface area contributed by atoms with Crippen molar-refractivity contribution in [3.05, 3.63) is 0 Å². The highest BCUT2D eigenvalue weighted by atomic mass is 32.9. The molecule has 94 valence electrons. The topological polar surface area (TPSA) is 82.1 Å². The Balaban J connectivity index is 4.72. The molecule has 1 unspecified atom stereocenters. The van der Waals surface area contributed by atoms with Crippen LogP contribution in [0.5, 0.6) is 0 Å². The molecule has 0 aromatic rings. The molecule has 0 radical (unpaired) electrons. The van der Waals surface area contributed by atoms with Gasteiger partial charge < -0.3 is 18.9 Å². The second kappa shape index (κ2) is 7.24. The van der Waals surface area contributed by atoms with Crippen molar-refractivity contribution in [2.24, 2.45) is 0 Å². The van der Waals surface area contributed by atoms with Crippen molar-refractivity contribution in [3.63, 3.8) is 0 Å². The molecule has 9 heteroatoms. The molecule has 16 heavy (non-hydrogen) atoms. The fourth-order valence-electron chi connectivity index (χ4n) is 0.770. The number of methoxy groups -OCH3 is 1. The molecule has 0 fully saturated rings. The zero-order valence-corrected chi connectivity index (χ0v) is 11.6. The number of aliphatic carboxylic acids is 1. The summed E-state index contributed by atoms with van der Waals surface area (Å²) in [4.78, 5) is 21.9. The van der Waals surface area contributed by atoms with Crippen LogP contribution in [0.2, 0.25) is 0 Å².